The lowest BCUT2D eigenvalue weighted by molar-refractivity contribution is -0.118. The lowest BCUT2D eigenvalue weighted by atomic mass is 9.93. The van der Waals surface area contributed by atoms with Crippen LogP contribution in [0.3, 0.4) is 0 Å². The third-order valence-corrected chi connectivity index (χ3v) is 6.76. The lowest BCUT2D eigenvalue weighted by Crippen LogP contribution is -2.41. The Morgan fingerprint density at radius 2 is 1.97 bits per heavy atom. The molecule has 1 fully saturated rings. The van der Waals surface area contributed by atoms with Crippen molar-refractivity contribution >= 4 is 40.4 Å². The van der Waals surface area contributed by atoms with Crippen LogP contribution >= 0.6 is 11.6 Å². The van der Waals surface area contributed by atoms with Crippen molar-refractivity contribution in [3.8, 4) is 11.5 Å². The maximum atomic E-state index is 13.6. The predicted octanol–water partition coefficient (Wildman–Crippen LogP) is 3.87. The molecule has 3 aromatic rings. The summed E-state index contributed by atoms with van der Waals surface area (Å²) in [6.45, 7) is 2.42. The fourth-order valence-corrected chi connectivity index (χ4v) is 4.67. The average molecular weight is 531 g/mol. The molecule has 4 N–H and O–H groups in total. The van der Waals surface area contributed by atoms with E-state index in [1.807, 2.05) is 12.1 Å². The second-order valence-electron chi connectivity index (χ2n) is 8.97. The van der Waals surface area contributed by atoms with Crippen LogP contribution in [-0.2, 0) is 4.79 Å². The summed E-state index contributed by atoms with van der Waals surface area (Å²) in [6.07, 6.45) is 6.07. The number of nitrogens with zero attached hydrogens (tertiary/aromatic N) is 3. The van der Waals surface area contributed by atoms with Crippen LogP contribution in [0.1, 0.15) is 25.7 Å². The molecule has 11 heteroatoms. The third-order valence-electron chi connectivity index (χ3n) is 6.47. The SMILES string of the molecule is COc1cc2ncnc(Nc3ccc(F)c(Cl)c3)c2cc1OC1CCC(NCCN(C=O)CCN)CC1. The maximum Gasteiger partial charge on any atom is 0.209 e. The number of ether oxygens (including phenoxy) is 2. The van der Waals surface area contributed by atoms with E-state index in [1.165, 1.54) is 18.5 Å². The molecule has 37 heavy (non-hydrogen) atoms. The number of nitrogens with one attached hydrogen (secondary N) is 2. The number of benzene rings is 2. The molecule has 1 amide bonds. The molecular weight excluding hydrogens is 499 g/mol. The number of anilines is 2. The number of halogens is 2. The molecule has 2 aromatic carbocycles. The standard InChI is InChI=1S/C26H32ClFN6O3/c1-36-24-14-23-20(26(32-15-31-23)33-18-4-7-22(28)21(27)12-18)13-25(24)37-19-5-2-17(3-6-19)30-9-11-34(16-35)10-8-29/h4,7,12-17,19,30H,2-3,5-6,8-11,29H2,1H3,(H,31,32,33). The third kappa shape index (κ3) is 6.97. The molecule has 1 aliphatic rings. The first-order valence-corrected chi connectivity index (χ1v) is 12.7. The largest absolute Gasteiger partial charge is 0.493 e. The van der Waals surface area contributed by atoms with Crippen LogP contribution in [0.5, 0.6) is 11.5 Å². The number of hydrogen-bond donors (Lipinski definition) is 3. The first kappa shape index (κ1) is 26.8. The number of carbonyl (C=O) groups excluding carboxylic acids is 1. The molecule has 0 saturated heterocycles. The summed E-state index contributed by atoms with van der Waals surface area (Å²) < 4.78 is 25.6. The molecule has 0 unspecified atom stereocenters. The van der Waals surface area contributed by atoms with E-state index >= 15 is 0 Å². The van der Waals surface area contributed by atoms with Gasteiger partial charge in [0.05, 0.1) is 23.8 Å². The quantitative estimate of drug-likeness (QED) is 0.302. The van der Waals surface area contributed by atoms with Crippen LogP contribution in [0.25, 0.3) is 10.9 Å². The number of fused-ring (bicyclic) bond motifs is 1. The monoisotopic (exact) mass is 530 g/mol. The maximum absolute atomic E-state index is 13.6. The minimum absolute atomic E-state index is 0.0239. The van der Waals surface area contributed by atoms with Crippen molar-refractivity contribution in [3.63, 3.8) is 0 Å². The zero-order valence-electron chi connectivity index (χ0n) is 20.8. The van der Waals surface area contributed by atoms with Crippen LogP contribution < -0.4 is 25.8 Å². The van der Waals surface area contributed by atoms with E-state index in [1.54, 1.807) is 18.1 Å². The Balaban J connectivity index is 1.41. The summed E-state index contributed by atoms with van der Waals surface area (Å²) >= 11 is 5.93. The van der Waals surface area contributed by atoms with Crippen molar-refractivity contribution in [1.82, 2.24) is 20.2 Å². The highest BCUT2D eigenvalue weighted by Crippen LogP contribution is 2.37. The van der Waals surface area contributed by atoms with Gasteiger partial charge in [0.25, 0.3) is 0 Å². The fraction of sp³-hybridized carbons (Fsp3) is 0.423. The number of nitrogens with two attached hydrogens (primary N) is 1. The van der Waals surface area contributed by atoms with E-state index in [4.69, 9.17) is 26.8 Å². The number of carbonyl (C=O) groups is 1. The second-order valence-corrected chi connectivity index (χ2v) is 9.38. The molecule has 0 radical (unpaired) electrons. The van der Waals surface area contributed by atoms with Crippen molar-refractivity contribution < 1.29 is 18.7 Å². The van der Waals surface area contributed by atoms with E-state index in [2.05, 4.69) is 20.6 Å². The molecule has 9 nitrogen and oxygen atoms in total. The van der Waals surface area contributed by atoms with Gasteiger partial charge in [-0.3, -0.25) is 4.79 Å². The molecule has 1 aromatic heterocycles. The van der Waals surface area contributed by atoms with Crippen LogP contribution in [0.2, 0.25) is 5.02 Å². The van der Waals surface area contributed by atoms with Crippen LogP contribution in [0.15, 0.2) is 36.7 Å². The van der Waals surface area contributed by atoms with Gasteiger partial charge in [-0.25, -0.2) is 14.4 Å². The summed E-state index contributed by atoms with van der Waals surface area (Å²) in [5.74, 6) is 1.27. The summed E-state index contributed by atoms with van der Waals surface area (Å²) in [5, 5.41) is 7.49. The zero-order valence-corrected chi connectivity index (χ0v) is 21.5. The van der Waals surface area contributed by atoms with Gasteiger partial charge < -0.3 is 30.7 Å². The van der Waals surface area contributed by atoms with Gasteiger partial charge in [-0.05, 0) is 49.9 Å². The number of rotatable bonds is 12. The van der Waals surface area contributed by atoms with Gasteiger partial charge in [0.2, 0.25) is 6.41 Å². The Hall–Kier alpha value is -3.21. The normalized spacial score (nSPS) is 17.4. The highest BCUT2D eigenvalue weighted by Gasteiger charge is 2.24. The molecule has 1 saturated carbocycles. The number of hydrogen-bond acceptors (Lipinski definition) is 8. The molecule has 0 atom stereocenters. The van der Waals surface area contributed by atoms with Crippen molar-refractivity contribution in [2.75, 3.05) is 38.6 Å². The Labute approximate surface area is 220 Å². The van der Waals surface area contributed by atoms with Gasteiger partial charge in [-0.15, -0.1) is 0 Å². The number of aromatic nitrogens is 2. The molecule has 0 bridgehead atoms. The summed E-state index contributed by atoms with van der Waals surface area (Å²) in [4.78, 5) is 21.5. The summed E-state index contributed by atoms with van der Waals surface area (Å²) in [7, 11) is 1.60. The van der Waals surface area contributed by atoms with Crippen LogP contribution in [-0.4, -0.2) is 66.7 Å². The van der Waals surface area contributed by atoms with E-state index in [9.17, 15) is 9.18 Å². The highest BCUT2D eigenvalue weighted by atomic mass is 35.5. The Kier molecular flexibility index (Phi) is 9.32. The first-order chi connectivity index (χ1) is 18.0. The van der Waals surface area contributed by atoms with E-state index < -0.39 is 5.82 Å². The summed E-state index contributed by atoms with van der Waals surface area (Å²) in [5.41, 5.74) is 6.82. The van der Waals surface area contributed by atoms with Crippen molar-refractivity contribution in [2.24, 2.45) is 5.73 Å². The van der Waals surface area contributed by atoms with Crippen molar-refractivity contribution in [3.05, 3.63) is 47.5 Å². The minimum atomic E-state index is -0.486. The van der Waals surface area contributed by atoms with E-state index in [-0.39, 0.29) is 11.1 Å². The van der Waals surface area contributed by atoms with E-state index in [0.29, 0.717) is 54.2 Å². The Morgan fingerprint density at radius 3 is 2.68 bits per heavy atom. The second kappa shape index (κ2) is 12.8. The molecule has 0 aliphatic heterocycles. The van der Waals surface area contributed by atoms with Crippen LogP contribution in [0, 0.1) is 5.82 Å². The first-order valence-electron chi connectivity index (χ1n) is 12.3. The molecule has 1 heterocycles. The average Bonchev–Trinajstić information content (AvgIpc) is 2.91. The van der Waals surface area contributed by atoms with Gasteiger partial charge in [-0.2, -0.15) is 0 Å². The fourth-order valence-electron chi connectivity index (χ4n) is 4.49. The molecule has 0 spiro atoms. The number of methoxy groups -OCH3 is 1. The van der Waals surface area contributed by atoms with Gasteiger partial charge in [0.1, 0.15) is 18.0 Å². The number of amides is 1. The smallest absolute Gasteiger partial charge is 0.209 e. The molecule has 4 rings (SSSR count). The van der Waals surface area contributed by atoms with Crippen LogP contribution in [0.4, 0.5) is 15.9 Å². The molecule has 198 valence electrons. The molecule has 1 aliphatic carbocycles. The lowest BCUT2D eigenvalue weighted by Gasteiger charge is -2.30. The topological polar surface area (TPSA) is 115 Å². The van der Waals surface area contributed by atoms with Crippen molar-refractivity contribution in [2.45, 2.75) is 37.8 Å². The Bertz CT molecular complexity index is 1210. The molecular formula is C26H32ClFN6O3. The minimum Gasteiger partial charge on any atom is -0.493 e. The highest BCUT2D eigenvalue weighted by molar-refractivity contribution is 6.31. The van der Waals surface area contributed by atoms with Gasteiger partial charge in [0.15, 0.2) is 11.5 Å². The van der Waals surface area contributed by atoms with Gasteiger partial charge in [-0.1, -0.05) is 11.6 Å². The van der Waals surface area contributed by atoms with Gasteiger partial charge in [0, 0.05) is 49.4 Å². The van der Waals surface area contributed by atoms with Gasteiger partial charge >= 0.3 is 0 Å². The predicted molar refractivity (Wildman–Crippen MR) is 142 cm³/mol. The van der Waals surface area contributed by atoms with E-state index in [0.717, 1.165) is 44.0 Å². The summed E-state index contributed by atoms with van der Waals surface area (Å²) in [6, 6.07) is 8.48. The zero-order chi connectivity index (χ0) is 26.2. The Morgan fingerprint density at radius 1 is 1.16 bits per heavy atom. The van der Waals surface area contributed by atoms with Crippen molar-refractivity contribution in [1.29, 1.82) is 0 Å².